The third-order valence-electron chi connectivity index (χ3n) is 2.80. The zero-order chi connectivity index (χ0) is 17.1. The molecule has 23 heavy (non-hydrogen) atoms. The molecule has 10 nitrogen and oxygen atoms in total. The summed E-state index contributed by atoms with van der Waals surface area (Å²) in [6.45, 7) is -0.102. The van der Waals surface area contributed by atoms with Crippen molar-refractivity contribution in [1.29, 1.82) is 0 Å². The molecule has 1 unspecified atom stereocenters. The minimum atomic E-state index is -1.94. The maximum absolute atomic E-state index is 12.3. The molecule has 1 heterocycles. The molecule has 0 spiro atoms. The molecule has 1 aliphatic rings. The van der Waals surface area contributed by atoms with Crippen LogP contribution in [0.5, 0.6) is 0 Å². The number of nitro groups is 1. The van der Waals surface area contributed by atoms with Crippen molar-refractivity contribution in [1.82, 2.24) is 4.90 Å². The molecule has 0 saturated carbocycles. The molecule has 0 fully saturated rings. The van der Waals surface area contributed by atoms with Crippen LogP contribution in [0, 0.1) is 10.1 Å². The van der Waals surface area contributed by atoms with Crippen LogP contribution in [0.15, 0.2) is 30.2 Å². The summed E-state index contributed by atoms with van der Waals surface area (Å²) >= 11 is -1.94. The Balaban J connectivity index is 2.25. The molecule has 0 radical (unpaired) electrons. The van der Waals surface area contributed by atoms with Crippen molar-refractivity contribution >= 4 is 28.9 Å². The Hall–Kier alpha value is -2.95. The SMILES string of the molecule is CN(CC1=COS(=O)O1)C(=O)c1cc(C(=O)O)cc([N+](=O)[O-])c1. The van der Waals surface area contributed by atoms with E-state index >= 15 is 0 Å². The first-order valence-corrected chi connectivity index (χ1v) is 7.02. The number of benzene rings is 1. The second kappa shape index (κ2) is 6.44. The molecule has 1 amide bonds. The van der Waals surface area contributed by atoms with Crippen molar-refractivity contribution in [3.05, 3.63) is 51.5 Å². The minimum Gasteiger partial charge on any atom is -0.478 e. The minimum absolute atomic E-state index is 0.102. The molecule has 0 aliphatic carbocycles. The second-order valence-electron chi connectivity index (χ2n) is 4.46. The van der Waals surface area contributed by atoms with Gasteiger partial charge in [-0.1, -0.05) is 0 Å². The van der Waals surface area contributed by atoms with Gasteiger partial charge in [0.2, 0.25) is 0 Å². The monoisotopic (exact) mass is 342 g/mol. The van der Waals surface area contributed by atoms with Crippen molar-refractivity contribution in [2.75, 3.05) is 13.6 Å². The zero-order valence-corrected chi connectivity index (χ0v) is 12.4. The van der Waals surface area contributed by atoms with E-state index in [4.69, 9.17) is 9.29 Å². The smallest absolute Gasteiger partial charge is 0.417 e. The third kappa shape index (κ3) is 3.83. The maximum Gasteiger partial charge on any atom is 0.417 e. The van der Waals surface area contributed by atoms with Gasteiger partial charge in [0.25, 0.3) is 11.6 Å². The number of carboxylic acids is 1. The Labute approximate surface area is 131 Å². The van der Waals surface area contributed by atoms with E-state index in [0.717, 1.165) is 29.4 Å². The van der Waals surface area contributed by atoms with Gasteiger partial charge in [0.1, 0.15) is 6.26 Å². The van der Waals surface area contributed by atoms with Crippen LogP contribution in [0.25, 0.3) is 0 Å². The number of carbonyl (C=O) groups is 2. The summed E-state index contributed by atoms with van der Waals surface area (Å²) in [6.07, 6.45) is 1.08. The van der Waals surface area contributed by atoms with E-state index in [1.54, 1.807) is 0 Å². The Morgan fingerprint density at radius 2 is 2.00 bits per heavy atom. The molecular formula is C12H10N2O8S. The Morgan fingerprint density at radius 3 is 2.52 bits per heavy atom. The Morgan fingerprint density at radius 1 is 1.35 bits per heavy atom. The molecular weight excluding hydrogens is 332 g/mol. The van der Waals surface area contributed by atoms with Gasteiger partial charge >= 0.3 is 17.3 Å². The van der Waals surface area contributed by atoms with Crippen LogP contribution in [-0.4, -0.2) is 44.6 Å². The average molecular weight is 342 g/mol. The van der Waals surface area contributed by atoms with Crippen LogP contribution < -0.4 is 0 Å². The second-order valence-corrected chi connectivity index (χ2v) is 5.23. The highest BCUT2D eigenvalue weighted by Crippen LogP contribution is 2.20. The summed E-state index contributed by atoms with van der Waals surface area (Å²) in [6, 6.07) is 2.87. The van der Waals surface area contributed by atoms with Crippen molar-refractivity contribution in [2.24, 2.45) is 0 Å². The lowest BCUT2D eigenvalue weighted by molar-refractivity contribution is -0.384. The quantitative estimate of drug-likeness (QED) is 0.614. The van der Waals surface area contributed by atoms with Crippen molar-refractivity contribution in [3.63, 3.8) is 0 Å². The van der Waals surface area contributed by atoms with E-state index in [9.17, 15) is 23.9 Å². The summed E-state index contributed by atoms with van der Waals surface area (Å²) < 4.78 is 20.2. The number of carbonyl (C=O) groups excluding carboxylic acids is 1. The highest BCUT2D eigenvalue weighted by molar-refractivity contribution is 7.75. The van der Waals surface area contributed by atoms with Gasteiger partial charge in [-0.25, -0.2) is 4.79 Å². The fourth-order valence-corrected chi connectivity index (χ4v) is 2.26. The van der Waals surface area contributed by atoms with Crippen LogP contribution in [0.1, 0.15) is 20.7 Å². The van der Waals surface area contributed by atoms with Gasteiger partial charge in [-0.15, -0.1) is 0 Å². The highest BCUT2D eigenvalue weighted by atomic mass is 32.2. The van der Waals surface area contributed by atoms with Crippen LogP contribution >= 0.6 is 0 Å². The number of rotatable bonds is 5. The fourth-order valence-electron chi connectivity index (χ4n) is 1.77. The molecule has 1 N–H and O–H groups in total. The number of nitrogens with zero attached hydrogens (tertiary/aromatic N) is 2. The molecule has 1 aromatic carbocycles. The predicted molar refractivity (Wildman–Crippen MR) is 75.4 cm³/mol. The summed E-state index contributed by atoms with van der Waals surface area (Å²) in [5.41, 5.74) is -1.06. The highest BCUT2D eigenvalue weighted by Gasteiger charge is 2.23. The first-order chi connectivity index (χ1) is 10.8. The lowest BCUT2D eigenvalue weighted by Gasteiger charge is -2.16. The number of non-ortho nitro benzene ring substituents is 1. The van der Waals surface area contributed by atoms with Crippen molar-refractivity contribution in [2.45, 2.75) is 0 Å². The molecule has 0 saturated heterocycles. The van der Waals surface area contributed by atoms with Crippen molar-refractivity contribution in [3.8, 4) is 0 Å². The van der Waals surface area contributed by atoms with Gasteiger partial charge in [-0.05, 0) is 6.07 Å². The van der Waals surface area contributed by atoms with Gasteiger partial charge in [0.15, 0.2) is 5.76 Å². The van der Waals surface area contributed by atoms with Gasteiger partial charge in [-0.3, -0.25) is 14.9 Å². The molecule has 0 bridgehead atoms. The zero-order valence-electron chi connectivity index (χ0n) is 11.6. The molecule has 2 rings (SSSR count). The Kier molecular flexibility index (Phi) is 4.60. The number of likely N-dealkylation sites (N-methyl/N-ethyl adjacent to an activating group) is 1. The summed E-state index contributed by atoms with van der Waals surface area (Å²) in [4.78, 5) is 34.5. The van der Waals surface area contributed by atoms with E-state index in [1.165, 1.54) is 7.05 Å². The third-order valence-corrected chi connectivity index (χ3v) is 3.40. The molecule has 1 atom stereocenters. The number of carboxylic acid groups (broad SMARTS) is 1. The predicted octanol–water partition coefficient (Wildman–Crippen LogP) is 0.832. The van der Waals surface area contributed by atoms with Crippen LogP contribution in [-0.2, 0) is 19.7 Å². The van der Waals surface area contributed by atoms with Crippen molar-refractivity contribution < 1.29 is 32.2 Å². The largest absolute Gasteiger partial charge is 0.478 e. The molecule has 1 aromatic rings. The number of hydrogen-bond donors (Lipinski definition) is 1. The van der Waals surface area contributed by atoms with Gasteiger partial charge in [0.05, 0.1) is 17.0 Å². The average Bonchev–Trinajstić information content (AvgIpc) is 2.90. The van der Waals surface area contributed by atoms with E-state index < -0.39 is 33.8 Å². The van der Waals surface area contributed by atoms with Gasteiger partial charge < -0.3 is 18.4 Å². The maximum atomic E-state index is 12.3. The fraction of sp³-hybridized carbons (Fsp3) is 0.167. The standard InChI is InChI=1S/C12H10N2O8S/c1-13(5-10-6-21-23(20)22-10)11(15)7-2-8(12(16)17)4-9(3-7)14(18)19/h2-4,6H,5H2,1H3,(H,16,17). The van der Waals surface area contributed by atoms with E-state index in [1.807, 2.05) is 0 Å². The molecule has 0 aromatic heterocycles. The topological polar surface area (TPSA) is 136 Å². The lowest BCUT2D eigenvalue weighted by atomic mass is 10.1. The molecule has 11 heteroatoms. The van der Waals surface area contributed by atoms with E-state index in [2.05, 4.69) is 4.18 Å². The summed E-state index contributed by atoms with van der Waals surface area (Å²) in [5, 5.41) is 19.8. The Bertz CT molecular complexity index is 712. The first-order valence-electron chi connectivity index (χ1n) is 6.02. The van der Waals surface area contributed by atoms with Crippen LogP contribution in [0.2, 0.25) is 0 Å². The van der Waals surface area contributed by atoms with E-state index in [0.29, 0.717) is 0 Å². The summed E-state index contributed by atoms with van der Waals surface area (Å²) in [7, 11) is 1.37. The number of nitro benzene ring substituents is 1. The normalized spacial score (nSPS) is 16.0. The molecule has 122 valence electrons. The number of hydrogen-bond acceptors (Lipinski definition) is 7. The first kappa shape index (κ1) is 16.4. The number of amides is 1. The van der Waals surface area contributed by atoms with Crippen LogP contribution in [0.4, 0.5) is 5.69 Å². The molecule has 1 aliphatic heterocycles. The number of aromatic carboxylic acids is 1. The lowest BCUT2D eigenvalue weighted by Crippen LogP contribution is -2.29. The van der Waals surface area contributed by atoms with Crippen LogP contribution in [0.3, 0.4) is 0 Å². The van der Waals surface area contributed by atoms with Gasteiger partial charge in [-0.2, -0.15) is 4.21 Å². The van der Waals surface area contributed by atoms with Gasteiger partial charge in [0, 0.05) is 24.7 Å². The van der Waals surface area contributed by atoms with E-state index in [-0.39, 0.29) is 23.4 Å². The summed E-state index contributed by atoms with van der Waals surface area (Å²) in [5.74, 6) is -1.93.